The van der Waals surface area contributed by atoms with E-state index in [0.29, 0.717) is 38.3 Å². The topological polar surface area (TPSA) is 65.6 Å². The van der Waals surface area contributed by atoms with Gasteiger partial charge in [-0.1, -0.05) is 24.3 Å². The molecule has 0 aliphatic carbocycles. The molecule has 2 fully saturated rings. The van der Waals surface area contributed by atoms with Gasteiger partial charge in [-0.3, -0.25) is 9.69 Å². The summed E-state index contributed by atoms with van der Waals surface area (Å²) in [6, 6.07) is 16.1. The van der Waals surface area contributed by atoms with Gasteiger partial charge in [0.2, 0.25) is 0 Å². The minimum atomic E-state index is -0.303. The zero-order valence-electron chi connectivity index (χ0n) is 20.1. The Morgan fingerprint density at radius 3 is 2.12 bits per heavy atom. The number of amides is 2. The number of hydrogen-bond donors (Lipinski definition) is 0. The second-order valence-electron chi connectivity index (χ2n) is 8.61. The minimum absolute atomic E-state index is 0.0143. The number of benzene rings is 2. The highest BCUT2D eigenvalue weighted by molar-refractivity contribution is 5.94. The largest absolute Gasteiger partial charge is 0.495 e. The monoisotopic (exact) mass is 466 g/mol. The van der Waals surface area contributed by atoms with Crippen LogP contribution in [0.3, 0.4) is 0 Å². The number of carbonyl (C=O) groups excluding carboxylic acids is 2. The summed E-state index contributed by atoms with van der Waals surface area (Å²) in [7, 11) is 1.72. The van der Waals surface area contributed by atoms with Crippen molar-refractivity contribution in [3.63, 3.8) is 0 Å². The number of carbonyl (C=O) groups is 2. The average Bonchev–Trinajstić information content (AvgIpc) is 2.89. The lowest BCUT2D eigenvalue weighted by atomic mass is 10.1. The van der Waals surface area contributed by atoms with Crippen molar-refractivity contribution in [1.29, 1.82) is 0 Å². The van der Waals surface area contributed by atoms with Gasteiger partial charge in [-0.25, -0.2) is 4.79 Å². The van der Waals surface area contributed by atoms with Gasteiger partial charge in [-0.05, 0) is 36.8 Å². The average molecular weight is 467 g/mol. The summed E-state index contributed by atoms with van der Waals surface area (Å²) in [5, 5.41) is 0. The van der Waals surface area contributed by atoms with Gasteiger partial charge in [0.1, 0.15) is 5.75 Å². The van der Waals surface area contributed by atoms with Crippen LogP contribution in [-0.2, 0) is 11.3 Å². The van der Waals surface area contributed by atoms with E-state index < -0.39 is 0 Å². The molecule has 2 aromatic rings. The standard InChI is InChI=1S/C26H34N4O4/c1-3-34-26(32)30-18-16-29(17-19-30)25(31)22-10-8-21(9-11-22)20-27-12-14-28(15-13-27)23-6-4-5-7-24(23)33-2/h4-11H,3,12-20H2,1-2H3. The minimum Gasteiger partial charge on any atom is -0.495 e. The SMILES string of the molecule is CCOC(=O)N1CCN(C(=O)c2ccc(CN3CCN(c4ccccc4OC)CC3)cc2)CC1. The van der Waals surface area contributed by atoms with Crippen LogP contribution < -0.4 is 9.64 Å². The maximum Gasteiger partial charge on any atom is 0.409 e. The quantitative estimate of drug-likeness (QED) is 0.652. The summed E-state index contributed by atoms with van der Waals surface area (Å²) in [6.45, 7) is 8.94. The molecule has 0 atom stereocenters. The van der Waals surface area contributed by atoms with Crippen molar-refractivity contribution in [2.24, 2.45) is 0 Å². The molecule has 0 bridgehead atoms. The Bertz CT molecular complexity index is 965. The third-order valence-electron chi connectivity index (χ3n) is 6.50. The van der Waals surface area contributed by atoms with Gasteiger partial charge in [-0.15, -0.1) is 0 Å². The van der Waals surface area contributed by atoms with Gasteiger partial charge in [0.15, 0.2) is 0 Å². The molecular weight excluding hydrogens is 432 g/mol. The molecule has 8 nitrogen and oxygen atoms in total. The Balaban J connectivity index is 1.26. The second-order valence-corrected chi connectivity index (χ2v) is 8.61. The van der Waals surface area contributed by atoms with E-state index in [1.54, 1.807) is 18.9 Å². The first-order valence-corrected chi connectivity index (χ1v) is 12.0. The number of anilines is 1. The van der Waals surface area contributed by atoms with Gasteiger partial charge in [0.25, 0.3) is 5.91 Å². The highest BCUT2D eigenvalue weighted by Crippen LogP contribution is 2.28. The van der Waals surface area contributed by atoms with E-state index in [9.17, 15) is 9.59 Å². The molecule has 2 aromatic carbocycles. The van der Waals surface area contributed by atoms with Gasteiger partial charge >= 0.3 is 6.09 Å². The summed E-state index contributed by atoms with van der Waals surface area (Å²) in [5.74, 6) is 0.930. The predicted molar refractivity (Wildman–Crippen MR) is 131 cm³/mol. The fourth-order valence-electron chi connectivity index (χ4n) is 4.54. The summed E-state index contributed by atoms with van der Waals surface area (Å²) < 4.78 is 10.6. The summed E-state index contributed by atoms with van der Waals surface area (Å²) in [6.07, 6.45) is -0.303. The van der Waals surface area contributed by atoms with E-state index in [0.717, 1.165) is 44.2 Å². The summed E-state index contributed by atoms with van der Waals surface area (Å²) in [5.41, 5.74) is 3.04. The molecule has 0 radical (unpaired) electrons. The lowest BCUT2D eigenvalue weighted by Gasteiger charge is -2.36. The van der Waals surface area contributed by atoms with E-state index in [1.807, 2.05) is 35.2 Å². The molecular formula is C26H34N4O4. The van der Waals surface area contributed by atoms with Crippen molar-refractivity contribution in [3.05, 3.63) is 59.7 Å². The molecule has 2 amide bonds. The fraction of sp³-hybridized carbons (Fsp3) is 0.462. The number of para-hydroxylation sites is 2. The van der Waals surface area contributed by atoms with E-state index >= 15 is 0 Å². The molecule has 2 aliphatic heterocycles. The van der Waals surface area contributed by atoms with Crippen molar-refractivity contribution >= 4 is 17.7 Å². The van der Waals surface area contributed by atoms with Crippen LogP contribution in [0.15, 0.2) is 48.5 Å². The Morgan fingerprint density at radius 2 is 1.47 bits per heavy atom. The first-order valence-electron chi connectivity index (χ1n) is 12.0. The molecule has 2 aliphatic rings. The smallest absolute Gasteiger partial charge is 0.409 e. The van der Waals surface area contributed by atoms with Crippen LogP contribution in [0.2, 0.25) is 0 Å². The van der Waals surface area contributed by atoms with Gasteiger partial charge in [0.05, 0.1) is 19.4 Å². The fourth-order valence-corrected chi connectivity index (χ4v) is 4.54. The van der Waals surface area contributed by atoms with Gasteiger partial charge in [-0.2, -0.15) is 0 Å². The molecule has 0 saturated carbocycles. The lowest BCUT2D eigenvalue weighted by molar-refractivity contribution is 0.0570. The maximum atomic E-state index is 12.9. The van der Waals surface area contributed by atoms with E-state index in [4.69, 9.17) is 9.47 Å². The van der Waals surface area contributed by atoms with E-state index in [1.165, 1.54) is 5.56 Å². The third kappa shape index (κ3) is 5.62. The van der Waals surface area contributed by atoms with Crippen LogP contribution >= 0.6 is 0 Å². The number of nitrogens with zero attached hydrogens (tertiary/aromatic N) is 4. The number of hydrogen-bond acceptors (Lipinski definition) is 6. The van der Waals surface area contributed by atoms with E-state index in [-0.39, 0.29) is 12.0 Å². The molecule has 182 valence electrons. The Labute approximate surface area is 201 Å². The first-order chi connectivity index (χ1) is 16.6. The van der Waals surface area contributed by atoms with Crippen LogP contribution in [0.25, 0.3) is 0 Å². The van der Waals surface area contributed by atoms with Crippen LogP contribution in [0.4, 0.5) is 10.5 Å². The zero-order chi connectivity index (χ0) is 23.9. The molecule has 0 aromatic heterocycles. The molecule has 2 heterocycles. The molecule has 34 heavy (non-hydrogen) atoms. The molecule has 8 heteroatoms. The summed E-state index contributed by atoms with van der Waals surface area (Å²) in [4.78, 5) is 33.0. The first kappa shape index (κ1) is 23.9. The molecule has 0 spiro atoms. The van der Waals surface area contributed by atoms with Crippen LogP contribution in [-0.4, -0.2) is 92.8 Å². The Hall–Kier alpha value is -3.26. The van der Waals surface area contributed by atoms with Gasteiger partial charge < -0.3 is 24.2 Å². The number of piperazine rings is 2. The number of rotatable bonds is 6. The van der Waals surface area contributed by atoms with Crippen LogP contribution in [0.5, 0.6) is 5.75 Å². The maximum absolute atomic E-state index is 12.9. The van der Waals surface area contributed by atoms with Crippen LogP contribution in [0.1, 0.15) is 22.8 Å². The van der Waals surface area contributed by atoms with Crippen LogP contribution in [0, 0.1) is 0 Å². The van der Waals surface area contributed by atoms with Crippen molar-refractivity contribution in [2.75, 3.05) is 71.0 Å². The number of methoxy groups -OCH3 is 1. The van der Waals surface area contributed by atoms with Gasteiger partial charge in [0, 0.05) is 64.5 Å². The van der Waals surface area contributed by atoms with Crippen molar-refractivity contribution in [3.8, 4) is 5.75 Å². The highest BCUT2D eigenvalue weighted by Gasteiger charge is 2.25. The molecule has 0 unspecified atom stereocenters. The Kier molecular flexibility index (Phi) is 7.90. The molecule has 4 rings (SSSR count). The second kappa shape index (κ2) is 11.2. The Morgan fingerprint density at radius 1 is 0.824 bits per heavy atom. The highest BCUT2D eigenvalue weighted by atomic mass is 16.6. The van der Waals surface area contributed by atoms with Crippen molar-refractivity contribution in [2.45, 2.75) is 13.5 Å². The zero-order valence-corrected chi connectivity index (χ0v) is 20.1. The normalized spacial score (nSPS) is 16.9. The lowest BCUT2D eigenvalue weighted by Crippen LogP contribution is -2.50. The van der Waals surface area contributed by atoms with Crippen molar-refractivity contribution < 1.29 is 19.1 Å². The number of ether oxygens (including phenoxy) is 2. The van der Waals surface area contributed by atoms with E-state index in [2.05, 4.69) is 28.0 Å². The third-order valence-corrected chi connectivity index (χ3v) is 6.50. The predicted octanol–water partition coefficient (Wildman–Crippen LogP) is 2.93. The molecule has 2 saturated heterocycles. The molecule has 0 N–H and O–H groups in total. The van der Waals surface area contributed by atoms with Crippen molar-refractivity contribution in [1.82, 2.24) is 14.7 Å². The summed E-state index contributed by atoms with van der Waals surface area (Å²) >= 11 is 0.